The van der Waals surface area contributed by atoms with E-state index in [0.29, 0.717) is 6.42 Å². The first-order chi connectivity index (χ1) is 9.54. The van der Waals surface area contributed by atoms with Gasteiger partial charge in [-0.05, 0) is 48.4 Å². The van der Waals surface area contributed by atoms with E-state index >= 15 is 0 Å². The predicted molar refractivity (Wildman–Crippen MR) is 82.4 cm³/mol. The number of anilines is 4. The molecule has 0 spiro atoms. The Morgan fingerprint density at radius 1 is 1.20 bits per heavy atom. The van der Waals surface area contributed by atoms with Crippen LogP contribution in [0.1, 0.15) is 11.1 Å². The van der Waals surface area contributed by atoms with Gasteiger partial charge in [0, 0.05) is 18.4 Å². The lowest BCUT2D eigenvalue weighted by molar-refractivity contribution is -0.115. The summed E-state index contributed by atoms with van der Waals surface area (Å²) in [6, 6.07) is 12.0. The average Bonchev–Trinajstić information content (AvgIpc) is 2.77. The number of hydrogen-bond acceptors (Lipinski definition) is 3. The highest BCUT2D eigenvalue weighted by Gasteiger charge is 2.18. The number of rotatable bonds is 2. The van der Waals surface area contributed by atoms with Crippen LogP contribution in [0.2, 0.25) is 0 Å². The Bertz CT molecular complexity index is 694. The molecule has 3 N–H and O–H groups in total. The molecule has 4 heteroatoms. The predicted octanol–water partition coefficient (Wildman–Crippen LogP) is 2.84. The van der Waals surface area contributed by atoms with Crippen molar-refractivity contribution in [3.05, 3.63) is 47.5 Å². The van der Waals surface area contributed by atoms with Crippen LogP contribution in [0.15, 0.2) is 36.4 Å². The van der Waals surface area contributed by atoms with Gasteiger partial charge < -0.3 is 16.0 Å². The second-order valence-electron chi connectivity index (χ2n) is 5.19. The summed E-state index contributed by atoms with van der Waals surface area (Å²) in [4.78, 5) is 13.4. The number of carbonyl (C=O) groups is 1. The number of amides is 1. The molecule has 0 saturated heterocycles. The van der Waals surface area contributed by atoms with E-state index in [1.165, 1.54) is 0 Å². The molecular weight excluding hydrogens is 250 g/mol. The number of carbonyl (C=O) groups excluding carboxylic acids is 1. The summed E-state index contributed by atoms with van der Waals surface area (Å²) in [6.45, 7) is 2.02. The van der Waals surface area contributed by atoms with E-state index in [0.717, 1.165) is 33.9 Å². The number of nitrogens with one attached hydrogen (secondary N) is 1. The van der Waals surface area contributed by atoms with Crippen molar-refractivity contribution in [1.82, 2.24) is 0 Å². The van der Waals surface area contributed by atoms with Gasteiger partial charge in [-0.2, -0.15) is 0 Å². The minimum atomic E-state index is 0.0506. The van der Waals surface area contributed by atoms with Crippen LogP contribution in [-0.4, -0.2) is 13.0 Å². The fraction of sp³-hybridized carbons (Fsp3) is 0.188. The van der Waals surface area contributed by atoms with Gasteiger partial charge in [0.1, 0.15) is 0 Å². The first-order valence-corrected chi connectivity index (χ1v) is 6.57. The second kappa shape index (κ2) is 4.56. The molecule has 2 aromatic carbocycles. The minimum Gasteiger partial charge on any atom is -0.397 e. The number of hydrogen-bond donors (Lipinski definition) is 2. The highest BCUT2D eigenvalue weighted by atomic mass is 16.1. The molecule has 0 bridgehead atoms. The Hall–Kier alpha value is -2.49. The number of aryl methyl sites for hydroxylation is 1. The first kappa shape index (κ1) is 12.5. The molecule has 0 fully saturated rings. The van der Waals surface area contributed by atoms with E-state index in [1.54, 1.807) is 0 Å². The summed E-state index contributed by atoms with van der Waals surface area (Å²) in [5.41, 5.74) is 11.9. The van der Waals surface area contributed by atoms with Gasteiger partial charge >= 0.3 is 0 Å². The summed E-state index contributed by atoms with van der Waals surface area (Å²) in [5, 5.41) is 2.84. The van der Waals surface area contributed by atoms with Crippen molar-refractivity contribution < 1.29 is 4.79 Å². The van der Waals surface area contributed by atoms with Crippen molar-refractivity contribution in [1.29, 1.82) is 0 Å². The van der Waals surface area contributed by atoms with Crippen LogP contribution in [0, 0.1) is 6.92 Å². The van der Waals surface area contributed by atoms with E-state index < -0.39 is 0 Å². The van der Waals surface area contributed by atoms with Gasteiger partial charge in [-0.25, -0.2) is 0 Å². The van der Waals surface area contributed by atoms with Gasteiger partial charge in [0.05, 0.1) is 17.8 Å². The monoisotopic (exact) mass is 267 g/mol. The summed E-state index contributed by atoms with van der Waals surface area (Å²) in [6.07, 6.45) is 0.445. The van der Waals surface area contributed by atoms with E-state index in [9.17, 15) is 4.79 Å². The van der Waals surface area contributed by atoms with Crippen molar-refractivity contribution in [2.45, 2.75) is 13.3 Å². The lowest BCUT2D eigenvalue weighted by atomic mass is 10.1. The quantitative estimate of drug-likeness (QED) is 0.823. The van der Waals surface area contributed by atoms with Crippen molar-refractivity contribution in [3.8, 4) is 0 Å². The zero-order valence-electron chi connectivity index (χ0n) is 11.6. The number of benzene rings is 2. The number of fused-ring (bicyclic) bond motifs is 1. The lowest BCUT2D eigenvalue weighted by Gasteiger charge is -2.22. The Morgan fingerprint density at radius 2 is 2.00 bits per heavy atom. The van der Waals surface area contributed by atoms with Crippen LogP contribution < -0.4 is 16.0 Å². The Labute approximate surface area is 118 Å². The van der Waals surface area contributed by atoms with E-state index in [2.05, 4.69) is 5.32 Å². The molecule has 4 nitrogen and oxygen atoms in total. The van der Waals surface area contributed by atoms with Crippen LogP contribution in [0.3, 0.4) is 0 Å². The van der Waals surface area contributed by atoms with Crippen molar-refractivity contribution in [3.63, 3.8) is 0 Å². The van der Waals surface area contributed by atoms with Gasteiger partial charge in [-0.3, -0.25) is 4.79 Å². The van der Waals surface area contributed by atoms with Crippen molar-refractivity contribution in [2.75, 3.05) is 23.0 Å². The fourth-order valence-corrected chi connectivity index (χ4v) is 2.54. The SMILES string of the molecule is Cc1ccc(N(C)c2ccc3c(c2)CC(=O)N3)c(N)c1. The van der Waals surface area contributed by atoms with E-state index in [-0.39, 0.29) is 5.91 Å². The third-order valence-electron chi connectivity index (χ3n) is 3.65. The molecule has 0 atom stereocenters. The maximum Gasteiger partial charge on any atom is 0.228 e. The maximum absolute atomic E-state index is 11.4. The summed E-state index contributed by atoms with van der Waals surface area (Å²) in [7, 11) is 1.98. The highest BCUT2D eigenvalue weighted by Crippen LogP contribution is 2.33. The molecule has 0 aromatic heterocycles. The molecule has 0 radical (unpaired) electrons. The molecule has 1 aliphatic rings. The van der Waals surface area contributed by atoms with Crippen molar-refractivity contribution in [2.24, 2.45) is 0 Å². The third-order valence-corrected chi connectivity index (χ3v) is 3.65. The van der Waals surface area contributed by atoms with Crippen LogP contribution in [-0.2, 0) is 11.2 Å². The molecule has 0 unspecified atom stereocenters. The molecule has 0 saturated carbocycles. The first-order valence-electron chi connectivity index (χ1n) is 6.57. The molecule has 1 heterocycles. The van der Waals surface area contributed by atoms with E-state index in [4.69, 9.17) is 5.73 Å². The third kappa shape index (κ3) is 2.09. The molecule has 102 valence electrons. The molecular formula is C16H17N3O. The standard InChI is InChI=1S/C16H17N3O/c1-10-3-6-15(13(17)7-10)19(2)12-4-5-14-11(8-12)9-16(20)18-14/h3-8H,9,17H2,1-2H3,(H,18,20). The maximum atomic E-state index is 11.4. The summed E-state index contributed by atoms with van der Waals surface area (Å²) >= 11 is 0. The average molecular weight is 267 g/mol. The van der Waals surface area contributed by atoms with Gasteiger partial charge in [-0.15, -0.1) is 0 Å². The van der Waals surface area contributed by atoms with Crippen LogP contribution in [0.25, 0.3) is 0 Å². The smallest absolute Gasteiger partial charge is 0.228 e. The Kier molecular flexibility index (Phi) is 2.86. The zero-order valence-corrected chi connectivity index (χ0v) is 11.6. The Balaban J connectivity index is 1.97. The Morgan fingerprint density at radius 3 is 2.75 bits per heavy atom. The minimum absolute atomic E-state index is 0.0506. The van der Waals surface area contributed by atoms with Gasteiger partial charge in [0.2, 0.25) is 5.91 Å². The van der Waals surface area contributed by atoms with Gasteiger partial charge in [0.25, 0.3) is 0 Å². The van der Waals surface area contributed by atoms with Crippen molar-refractivity contribution >= 4 is 28.7 Å². The van der Waals surface area contributed by atoms with Gasteiger partial charge in [0.15, 0.2) is 0 Å². The largest absolute Gasteiger partial charge is 0.397 e. The lowest BCUT2D eigenvalue weighted by Crippen LogP contribution is -2.11. The molecule has 1 amide bonds. The molecule has 20 heavy (non-hydrogen) atoms. The van der Waals surface area contributed by atoms with Gasteiger partial charge in [-0.1, -0.05) is 6.07 Å². The normalized spacial score (nSPS) is 13.0. The topological polar surface area (TPSA) is 58.4 Å². The van der Waals surface area contributed by atoms with Crippen LogP contribution in [0.4, 0.5) is 22.7 Å². The summed E-state index contributed by atoms with van der Waals surface area (Å²) in [5.74, 6) is 0.0506. The molecule has 2 aromatic rings. The second-order valence-corrected chi connectivity index (χ2v) is 5.19. The van der Waals surface area contributed by atoms with E-state index in [1.807, 2.05) is 55.3 Å². The molecule has 3 rings (SSSR count). The highest BCUT2D eigenvalue weighted by molar-refractivity contribution is 5.99. The summed E-state index contributed by atoms with van der Waals surface area (Å²) < 4.78 is 0. The molecule has 1 aliphatic heterocycles. The van der Waals surface area contributed by atoms with Crippen LogP contribution in [0.5, 0.6) is 0 Å². The van der Waals surface area contributed by atoms with Crippen LogP contribution >= 0.6 is 0 Å². The number of nitrogens with two attached hydrogens (primary N) is 1. The fourth-order valence-electron chi connectivity index (χ4n) is 2.54. The zero-order chi connectivity index (χ0) is 14.3. The number of nitrogen functional groups attached to an aromatic ring is 1. The number of nitrogens with zero attached hydrogens (tertiary/aromatic N) is 1. The molecule has 0 aliphatic carbocycles.